The Balaban J connectivity index is 1.71. The van der Waals surface area contributed by atoms with Crippen LogP contribution in [0.4, 0.5) is 5.69 Å². The molecule has 0 fully saturated rings. The number of thiophene rings is 1. The number of rotatable bonds is 4. The number of hydrogen-bond acceptors (Lipinski definition) is 2. The molecule has 26 heavy (non-hydrogen) atoms. The van der Waals surface area contributed by atoms with Gasteiger partial charge in [-0.3, -0.25) is 4.79 Å². The number of anilines is 1. The molecule has 2 heterocycles. The van der Waals surface area contributed by atoms with E-state index in [2.05, 4.69) is 5.32 Å². The van der Waals surface area contributed by atoms with E-state index in [0.717, 1.165) is 15.8 Å². The number of benzene rings is 2. The van der Waals surface area contributed by atoms with Crippen LogP contribution in [-0.2, 0) is 6.54 Å². The fourth-order valence-corrected chi connectivity index (χ4v) is 4.06. The zero-order chi connectivity index (χ0) is 18.1. The Hall–Kier alpha value is -2.27. The highest BCUT2D eigenvalue weighted by Gasteiger charge is 2.18. The van der Waals surface area contributed by atoms with Gasteiger partial charge in [-0.1, -0.05) is 59.6 Å². The van der Waals surface area contributed by atoms with Crippen molar-refractivity contribution >= 4 is 56.3 Å². The summed E-state index contributed by atoms with van der Waals surface area (Å²) in [5.41, 5.74) is 3.26. The van der Waals surface area contributed by atoms with Gasteiger partial charge >= 0.3 is 0 Å². The minimum absolute atomic E-state index is 0.214. The van der Waals surface area contributed by atoms with Crippen LogP contribution < -0.4 is 5.32 Å². The molecule has 0 unspecified atom stereocenters. The summed E-state index contributed by atoms with van der Waals surface area (Å²) in [6, 6.07) is 19.2. The Labute approximate surface area is 164 Å². The van der Waals surface area contributed by atoms with Crippen molar-refractivity contribution in [3.05, 3.63) is 87.3 Å². The summed E-state index contributed by atoms with van der Waals surface area (Å²) in [5.74, 6) is -0.214. The highest BCUT2D eigenvalue weighted by Crippen LogP contribution is 2.31. The lowest BCUT2D eigenvalue weighted by Gasteiger charge is -2.12. The van der Waals surface area contributed by atoms with Gasteiger partial charge in [0.05, 0.1) is 25.9 Å². The summed E-state index contributed by atoms with van der Waals surface area (Å²) in [7, 11) is 0. The number of carbonyl (C=O) groups is 1. The number of halogens is 2. The molecule has 0 saturated carbocycles. The number of amides is 1. The fraction of sp³-hybridized carbons (Fsp3) is 0.0500. The number of nitrogens with zero attached hydrogens (tertiary/aromatic N) is 1. The average Bonchev–Trinajstić information content (AvgIpc) is 3.23. The van der Waals surface area contributed by atoms with Crippen molar-refractivity contribution in [3.63, 3.8) is 0 Å². The molecule has 1 N–H and O–H groups in total. The number of hydrogen-bond donors (Lipinski definition) is 1. The summed E-state index contributed by atoms with van der Waals surface area (Å²) >= 11 is 13.9. The summed E-state index contributed by atoms with van der Waals surface area (Å²) in [4.78, 5) is 12.9. The van der Waals surface area contributed by atoms with Gasteiger partial charge in [-0.15, -0.1) is 11.3 Å². The van der Waals surface area contributed by atoms with Crippen LogP contribution >= 0.6 is 34.5 Å². The van der Waals surface area contributed by atoms with Crippen LogP contribution in [0.2, 0.25) is 10.0 Å². The Morgan fingerprint density at radius 2 is 1.85 bits per heavy atom. The average molecular weight is 401 g/mol. The molecule has 4 rings (SSSR count). The van der Waals surface area contributed by atoms with Crippen molar-refractivity contribution in [2.75, 3.05) is 5.32 Å². The molecule has 0 saturated heterocycles. The predicted octanol–water partition coefficient (Wildman–Crippen LogP) is 6.31. The van der Waals surface area contributed by atoms with Gasteiger partial charge in [0.15, 0.2) is 0 Å². The number of nitrogens with one attached hydrogen (secondary N) is 1. The first-order valence-electron chi connectivity index (χ1n) is 7.99. The SMILES string of the molecule is O=C(Nc1cccc(Cl)c1Cl)c1cc2sccc2n1Cc1ccccc1. The van der Waals surface area contributed by atoms with Gasteiger partial charge in [-0.25, -0.2) is 0 Å². The standard InChI is InChI=1S/C20H14Cl2N2OS/c21-14-7-4-8-15(19(14)22)23-20(25)17-11-18-16(9-10-26-18)24(17)12-13-5-2-1-3-6-13/h1-11H,12H2,(H,23,25). The lowest BCUT2D eigenvalue weighted by molar-refractivity contribution is 0.101. The Morgan fingerprint density at radius 3 is 2.65 bits per heavy atom. The first-order valence-corrected chi connectivity index (χ1v) is 9.63. The van der Waals surface area contributed by atoms with E-state index < -0.39 is 0 Å². The molecule has 0 atom stereocenters. The molecular formula is C20H14Cl2N2OS. The molecule has 0 aliphatic rings. The zero-order valence-electron chi connectivity index (χ0n) is 13.6. The van der Waals surface area contributed by atoms with Crippen LogP contribution in [-0.4, -0.2) is 10.5 Å². The predicted molar refractivity (Wildman–Crippen MR) is 110 cm³/mol. The molecule has 3 nitrogen and oxygen atoms in total. The first kappa shape index (κ1) is 17.2. The lowest BCUT2D eigenvalue weighted by Crippen LogP contribution is -2.17. The van der Waals surface area contributed by atoms with Crippen molar-refractivity contribution in [1.82, 2.24) is 4.57 Å². The van der Waals surface area contributed by atoms with Crippen molar-refractivity contribution in [3.8, 4) is 0 Å². The van der Waals surface area contributed by atoms with E-state index in [1.807, 2.05) is 52.4 Å². The topological polar surface area (TPSA) is 34.0 Å². The molecule has 2 aromatic carbocycles. The third kappa shape index (κ3) is 3.23. The van der Waals surface area contributed by atoms with E-state index in [1.54, 1.807) is 29.5 Å². The molecule has 0 aliphatic carbocycles. The van der Waals surface area contributed by atoms with Gasteiger partial charge in [0.1, 0.15) is 5.69 Å². The van der Waals surface area contributed by atoms with E-state index in [0.29, 0.717) is 28.0 Å². The van der Waals surface area contributed by atoms with E-state index in [4.69, 9.17) is 23.2 Å². The third-order valence-corrected chi connectivity index (χ3v) is 5.81. The van der Waals surface area contributed by atoms with Gasteiger partial charge in [0.25, 0.3) is 5.91 Å². The highest BCUT2D eigenvalue weighted by atomic mass is 35.5. The van der Waals surface area contributed by atoms with Crippen LogP contribution in [0, 0.1) is 0 Å². The summed E-state index contributed by atoms with van der Waals surface area (Å²) in [5, 5.41) is 5.65. The maximum Gasteiger partial charge on any atom is 0.272 e. The highest BCUT2D eigenvalue weighted by molar-refractivity contribution is 7.17. The molecule has 0 radical (unpaired) electrons. The van der Waals surface area contributed by atoms with E-state index in [9.17, 15) is 4.79 Å². The van der Waals surface area contributed by atoms with E-state index in [1.165, 1.54) is 0 Å². The lowest BCUT2D eigenvalue weighted by atomic mass is 10.2. The summed E-state index contributed by atoms with van der Waals surface area (Å²) < 4.78 is 3.10. The van der Waals surface area contributed by atoms with E-state index >= 15 is 0 Å². The molecule has 130 valence electrons. The molecule has 0 spiro atoms. The quantitative estimate of drug-likeness (QED) is 0.427. The van der Waals surface area contributed by atoms with Crippen LogP contribution in [0.25, 0.3) is 10.2 Å². The van der Waals surface area contributed by atoms with Gasteiger partial charge < -0.3 is 9.88 Å². The normalized spacial score (nSPS) is 11.0. The van der Waals surface area contributed by atoms with Crippen molar-refractivity contribution in [1.29, 1.82) is 0 Å². The van der Waals surface area contributed by atoms with Crippen molar-refractivity contribution in [2.24, 2.45) is 0 Å². The van der Waals surface area contributed by atoms with Crippen molar-refractivity contribution < 1.29 is 4.79 Å². The Bertz CT molecular complexity index is 1090. The van der Waals surface area contributed by atoms with Gasteiger partial charge in [0, 0.05) is 6.54 Å². The maximum atomic E-state index is 12.9. The van der Waals surface area contributed by atoms with Crippen molar-refractivity contribution in [2.45, 2.75) is 6.54 Å². The fourth-order valence-electron chi connectivity index (χ4n) is 2.89. The molecule has 1 amide bonds. The minimum atomic E-state index is -0.214. The third-order valence-electron chi connectivity index (χ3n) is 4.14. The zero-order valence-corrected chi connectivity index (χ0v) is 15.9. The number of aromatic nitrogens is 1. The molecule has 4 aromatic rings. The second-order valence-electron chi connectivity index (χ2n) is 5.83. The first-order chi connectivity index (χ1) is 12.6. The summed E-state index contributed by atoms with van der Waals surface area (Å²) in [6.07, 6.45) is 0. The molecule has 6 heteroatoms. The minimum Gasteiger partial charge on any atom is -0.331 e. The smallest absolute Gasteiger partial charge is 0.272 e. The number of fused-ring (bicyclic) bond motifs is 1. The summed E-state index contributed by atoms with van der Waals surface area (Å²) in [6.45, 7) is 0.618. The molecule has 0 aliphatic heterocycles. The Morgan fingerprint density at radius 1 is 1.04 bits per heavy atom. The molecular weight excluding hydrogens is 387 g/mol. The van der Waals surface area contributed by atoms with Crippen LogP contribution in [0.1, 0.15) is 16.1 Å². The molecule has 0 bridgehead atoms. The molecule has 2 aromatic heterocycles. The largest absolute Gasteiger partial charge is 0.331 e. The van der Waals surface area contributed by atoms with Crippen LogP contribution in [0.3, 0.4) is 0 Å². The second kappa shape index (κ2) is 7.16. The second-order valence-corrected chi connectivity index (χ2v) is 7.56. The number of carbonyl (C=O) groups excluding carboxylic acids is 1. The van der Waals surface area contributed by atoms with Gasteiger partial charge in [-0.05, 0) is 35.2 Å². The van der Waals surface area contributed by atoms with E-state index in [-0.39, 0.29) is 5.91 Å². The van der Waals surface area contributed by atoms with Gasteiger partial charge in [-0.2, -0.15) is 0 Å². The Kier molecular flexibility index (Phi) is 4.72. The van der Waals surface area contributed by atoms with Gasteiger partial charge in [0.2, 0.25) is 0 Å². The monoisotopic (exact) mass is 400 g/mol. The maximum absolute atomic E-state index is 12.9. The van der Waals surface area contributed by atoms with Crippen LogP contribution in [0.5, 0.6) is 0 Å². The van der Waals surface area contributed by atoms with Crippen LogP contribution in [0.15, 0.2) is 66.0 Å².